The highest BCUT2D eigenvalue weighted by Crippen LogP contribution is 2.23. The van der Waals surface area contributed by atoms with Crippen molar-refractivity contribution in [3.05, 3.63) is 58.6 Å². The first-order valence-corrected chi connectivity index (χ1v) is 9.32. The van der Waals surface area contributed by atoms with Gasteiger partial charge >= 0.3 is 0 Å². The Morgan fingerprint density at radius 2 is 2.08 bits per heavy atom. The number of hydrogen-bond donors (Lipinski definition) is 1. The summed E-state index contributed by atoms with van der Waals surface area (Å²) in [4.78, 5) is 18.6. The maximum atomic E-state index is 12.0. The van der Waals surface area contributed by atoms with Crippen LogP contribution in [0.2, 0.25) is 0 Å². The number of piperidine rings is 1. The van der Waals surface area contributed by atoms with Crippen LogP contribution < -0.4 is 5.32 Å². The fourth-order valence-electron chi connectivity index (χ4n) is 3.09. The summed E-state index contributed by atoms with van der Waals surface area (Å²) in [5.41, 5.74) is 3.95. The van der Waals surface area contributed by atoms with E-state index in [1.54, 1.807) is 17.7 Å². The molecular formula is C19H23N3OS. The van der Waals surface area contributed by atoms with Crippen LogP contribution in [-0.4, -0.2) is 34.9 Å². The highest BCUT2D eigenvalue weighted by Gasteiger charge is 2.23. The summed E-state index contributed by atoms with van der Waals surface area (Å²) in [7, 11) is 0. The second kappa shape index (κ2) is 8.22. The van der Waals surface area contributed by atoms with Gasteiger partial charge in [-0.25, -0.2) is 4.98 Å². The first-order chi connectivity index (χ1) is 11.7. The molecule has 24 heavy (non-hydrogen) atoms. The number of nitrogens with one attached hydrogen (secondary N) is 1. The highest BCUT2D eigenvalue weighted by molar-refractivity contribution is 7.07. The lowest BCUT2D eigenvalue weighted by atomic mass is 10.00. The molecule has 1 aromatic heterocycles. The van der Waals surface area contributed by atoms with Gasteiger partial charge in [0.1, 0.15) is 0 Å². The van der Waals surface area contributed by atoms with Gasteiger partial charge < -0.3 is 5.32 Å². The Morgan fingerprint density at radius 1 is 1.33 bits per heavy atom. The van der Waals surface area contributed by atoms with Crippen molar-refractivity contribution < 1.29 is 4.79 Å². The van der Waals surface area contributed by atoms with Crippen molar-refractivity contribution in [2.75, 3.05) is 13.1 Å². The van der Waals surface area contributed by atoms with E-state index in [1.165, 1.54) is 16.9 Å². The summed E-state index contributed by atoms with van der Waals surface area (Å²) in [6.07, 6.45) is 5.33. The quantitative estimate of drug-likeness (QED) is 0.847. The van der Waals surface area contributed by atoms with Crippen molar-refractivity contribution in [1.29, 1.82) is 0 Å². The third kappa shape index (κ3) is 4.52. The monoisotopic (exact) mass is 341 g/mol. The predicted octanol–water partition coefficient (Wildman–Crippen LogP) is 3.50. The molecule has 0 radical (unpaired) electrons. The number of hydrogen-bond acceptors (Lipinski definition) is 4. The molecule has 0 saturated carbocycles. The van der Waals surface area contributed by atoms with E-state index in [0.717, 1.165) is 31.6 Å². The van der Waals surface area contributed by atoms with Gasteiger partial charge in [-0.1, -0.05) is 30.3 Å². The van der Waals surface area contributed by atoms with Crippen LogP contribution in [0.4, 0.5) is 0 Å². The summed E-state index contributed by atoms with van der Waals surface area (Å²) < 4.78 is 0. The van der Waals surface area contributed by atoms with Gasteiger partial charge in [-0.15, -0.1) is 11.3 Å². The number of likely N-dealkylation sites (tertiary alicyclic amines) is 1. The Morgan fingerprint density at radius 3 is 2.75 bits per heavy atom. The summed E-state index contributed by atoms with van der Waals surface area (Å²) in [6.45, 7) is 4.28. The number of benzene rings is 1. The van der Waals surface area contributed by atoms with Gasteiger partial charge in [0.15, 0.2) is 0 Å². The van der Waals surface area contributed by atoms with E-state index in [1.807, 2.05) is 5.38 Å². The maximum absolute atomic E-state index is 12.0. The van der Waals surface area contributed by atoms with Gasteiger partial charge in [0, 0.05) is 36.6 Å². The third-order valence-electron chi connectivity index (χ3n) is 4.56. The number of aromatic nitrogens is 1. The molecular weight excluding hydrogens is 318 g/mol. The van der Waals surface area contributed by atoms with Crippen molar-refractivity contribution in [1.82, 2.24) is 15.2 Å². The minimum absolute atomic E-state index is 0.0300. The first kappa shape index (κ1) is 16.9. The van der Waals surface area contributed by atoms with Crippen molar-refractivity contribution in [2.24, 2.45) is 0 Å². The van der Waals surface area contributed by atoms with Crippen molar-refractivity contribution in [3.8, 4) is 0 Å². The van der Waals surface area contributed by atoms with E-state index in [4.69, 9.17) is 0 Å². The molecule has 1 unspecified atom stereocenters. The molecule has 5 heteroatoms. The average Bonchev–Trinajstić information content (AvgIpc) is 3.14. The Hall–Kier alpha value is -1.98. The van der Waals surface area contributed by atoms with E-state index in [2.05, 4.69) is 52.5 Å². The van der Waals surface area contributed by atoms with Crippen LogP contribution in [0.15, 0.2) is 47.3 Å². The molecule has 126 valence electrons. The number of carbonyl (C=O) groups is 1. The molecule has 4 nitrogen and oxygen atoms in total. The number of thiazole rings is 1. The lowest BCUT2D eigenvalue weighted by molar-refractivity contribution is -0.117. The molecule has 1 aliphatic rings. The predicted molar refractivity (Wildman–Crippen MR) is 98.7 cm³/mol. The standard InChI is InChI=1S/C19H23N3OS/c1-15(16-5-3-2-4-6-16)22-11-9-17(10-12-22)21-19(23)8-7-18-13-24-14-20-18/h2-8,13-15,17H,9-12H2,1H3,(H,21,23). The normalized spacial score (nSPS) is 17.9. The van der Waals surface area contributed by atoms with Gasteiger partial charge in [0.05, 0.1) is 11.2 Å². The lowest BCUT2D eigenvalue weighted by Crippen LogP contribution is -2.44. The number of carbonyl (C=O) groups excluding carboxylic acids is 1. The van der Waals surface area contributed by atoms with Crippen molar-refractivity contribution in [2.45, 2.75) is 31.8 Å². The number of nitrogens with zero attached hydrogens (tertiary/aromatic N) is 2. The second-order valence-corrected chi connectivity index (χ2v) is 6.87. The maximum Gasteiger partial charge on any atom is 0.244 e. The lowest BCUT2D eigenvalue weighted by Gasteiger charge is -2.36. The Bertz CT molecular complexity index is 661. The van der Waals surface area contributed by atoms with Crippen molar-refractivity contribution in [3.63, 3.8) is 0 Å². The van der Waals surface area contributed by atoms with Crippen LogP contribution in [0.25, 0.3) is 6.08 Å². The minimum atomic E-state index is -0.0300. The zero-order chi connectivity index (χ0) is 16.8. The number of rotatable bonds is 5. The van der Waals surface area contributed by atoms with E-state index in [0.29, 0.717) is 6.04 Å². The molecule has 2 heterocycles. The molecule has 1 atom stereocenters. The first-order valence-electron chi connectivity index (χ1n) is 8.38. The summed E-state index contributed by atoms with van der Waals surface area (Å²) in [5.74, 6) is -0.0300. The molecule has 0 spiro atoms. The van der Waals surface area contributed by atoms with E-state index >= 15 is 0 Å². The molecule has 1 fully saturated rings. The van der Waals surface area contributed by atoms with Crippen LogP contribution in [0.1, 0.15) is 37.1 Å². The molecule has 1 amide bonds. The van der Waals surface area contributed by atoms with E-state index in [9.17, 15) is 4.79 Å². The van der Waals surface area contributed by atoms with Gasteiger partial charge in [-0.3, -0.25) is 9.69 Å². The zero-order valence-corrected chi connectivity index (χ0v) is 14.7. The topological polar surface area (TPSA) is 45.2 Å². The minimum Gasteiger partial charge on any atom is -0.350 e. The van der Waals surface area contributed by atoms with Crippen LogP contribution >= 0.6 is 11.3 Å². The van der Waals surface area contributed by atoms with Gasteiger partial charge in [0.2, 0.25) is 5.91 Å². The molecule has 1 aliphatic heterocycles. The van der Waals surface area contributed by atoms with Crippen LogP contribution in [0.3, 0.4) is 0 Å². The van der Waals surface area contributed by atoms with Crippen LogP contribution in [-0.2, 0) is 4.79 Å². The molecule has 1 N–H and O–H groups in total. The fourth-order valence-corrected chi connectivity index (χ4v) is 3.61. The molecule has 3 rings (SSSR count). The second-order valence-electron chi connectivity index (χ2n) is 6.15. The van der Waals surface area contributed by atoms with E-state index in [-0.39, 0.29) is 11.9 Å². The molecule has 1 aromatic carbocycles. The fraction of sp³-hybridized carbons (Fsp3) is 0.368. The SMILES string of the molecule is CC(c1ccccc1)N1CCC(NC(=O)C=Cc2cscn2)CC1. The molecule has 0 aliphatic carbocycles. The van der Waals surface area contributed by atoms with Gasteiger partial charge in [-0.2, -0.15) is 0 Å². The van der Waals surface area contributed by atoms with Crippen molar-refractivity contribution >= 4 is 23.3 Å². The summed E-state index contributed by atoms with van der Waals surface area (Å²) in [5, 5.41) is 5.03. The summed E-state index contributed by atoms with van der Waals surface area (Å²) >= 11 is 1.53. The Labute approximate surface area is 147 Å². The number of amides is 1. The zero-order valence-electron chi connectivity index (χ0n) is 13.9. The largest absolute Gasteiger partial charge is 0.350 e. The molecule has 0 bridgehead atoms. The van der Waals surface area contributed by atoms with E-state index < -0.39 is 0 Å². The molecule has 2 aromatic rings. The highest BCUT2D eigenvalue weighted by atomic mass is 32.1. The van der Waals surface area contributed by atoms with Gasteiger partial charge in [-0.05, 0) is 31.4 Å². The Balaban J connectivity index is 1.46. The smallest absolute Gasteiger partial charge is 0.244 e. The molecule has 1 saturated heterocycles. The average molecular weight is 341 g/mol. The van der Waals surface area contributed by atoms with Gasteiger partial charge in [0.25, 0.3) is 0 Å². The Kier molecular flexibility index (Phi) is 5.77. The van der Waals surface area contributed by atoms with Crippen LogP contribution in [0.5, 0.6) is 0 Å². The summed E-state index contributed by atoms with van der Waals surface area (Å²) in [6, 6.07) is 11.3. The third-order valence-corrected chi connectivity index (χ3v) is 5.17. The van der Waals surface area contributed by atoms with Crippen LogP contribution in [0, 0.1) is 0 Å².